The maximum Gasteiger partial charge on any atom is 0.328 e. The summed E-state index contributed by atoms with van der Waals surface area (Å²) in [6, 6.07) is 3.06. The van der Waals surface area contributed by atoms with Crippen LogP contribution < -0.4 is 5.32 Å². The summed E-state index contributed by atoms with van der Waals surface area (Å²) in [4.78, 5) is 23.7. The van der Waals surface area contributed by atoms with E-state index in [2.05, 4.69) is 26.0 Å². The van der Waals surface area contributed by atoms with Crippen LogP contribution in [-0.2, 0) is 9.53 Å². The topological polar surface area (TPSA) is 55.4 Å². The van der Waals surface area contributed by atoms with E-state index in [1.54, 1.807) is 11.8 Å². The van der Waals surface area contributed by atoms with E-state index >= 15 is 0 Å². The van der Waals surface area contributed by atoms with Crippen LogP contribution in [0.5, 0.6) is 0 Å². The molecule has 1 aromatic rings. The number of benzene rings is 1. The third-order valence-electron chi connectivity index (χ3n) is 2.57. The number of thioether (sulfide) groups is 1. The highest BCUT2D eigenvalue weighted by atomic mass is 79.9. The Balaban J connectivity index is 2.84. The number of hydrogen-bond acceptors (Lipinski definition) is 4. The van der Waals surface area contributed by atoms with Gasteiger partial charge in [0.05, 0.1) is 12.7 Å². The predicted molar refractivity (Wildman–Crippen MR) is 80.4 cm³/mol. The van der Waals surface area contributed by atoms with Crippen molar-refractivity contribution in [2.45, 2.75) is 12.5 Å². The third-order valence-corrected chi connectivity index (χ3v) is 3.91. The number of esters is 1. The number of nitrogens with one attached hydrogen (secondary N) is 1. The molecule has 110 valence electrons. The Morgan fingerprint density at radius 2 is 2.20 bits per heavy atom. The van der Waals surface area contributed by atoms with Gasteiger partial charge in [0.1, 0.15) is 11.9 Å². The van der Waals surface area contributed by atoms with Crippen LogP contribution in [0.25, 0.3) is 0 Å². The number of amides is 1. The standard InChI is InChI=1S/C13H15BrFNO3S/c1-19-13(18)11(5-6-20-2)16-12(17)9-7-8(15)3-4-10(9)14/h3-4,7,11H,5-6H2,1-2H3,(H,16,17)/t11-/m0/s1. The first-order chi connectivity index (χ1) is 9.49. The van der Waals surface area contributed by atoms with Crippen LogP contribution in [0.1, 0.15) is 16.8 Å². The Morgan fingerprint density at radius 3 is 2.80 bits per heavy atom. The van der Waals surface area contributed by atoms with Crippen molar-refractivity contribution in [2.75, 3.05) is 19.1 Å². The van der Waals surface area contributed by atoms with Crippen molar-refractivity contribution in [1.29, 1.82) is 0 Å². The van der Waals surface area contributed by atoms with Gasteiger partial charge >= 0.3 is 5.97 Å². The van der Waals surface area contributed by atoms with Gasteiger partial charge in [-0.1, -0.05) is 0 Å². The molecule has 1 amide bonds. The van der Waals surface area contributed by atoms with Gasteiger partial charge in [-0.15, -0.1) is 0 Å². The molecule has 0 bridgehead atoms. The highest BCUT2D eigenvalue weighted by Crippen LogP contribution is 2.18. The van der Waals surface area contributed by atoms with Gasteiger partial charge < -0.3 is 10.1 Å². The molecule has 0 unspecified atom stereocenters. The molecule has 7 heteroatoms. The molecule has 1 aromatic carbocycles. The molecule has 0 radical (unpaired) electrons. The van der Waals surface area contributed by atoms with Gasteiger partial charge in [0.15, 0.2) is 0 Å². The molecule has 0 aliphatic heterocycles. The average Bonchev–Trinajstić information content (AvgIpc) is 2.44. The number of carbonyl (C=O) groups is 2. The quantitative estimate of drug-likeness (QED) is 0.789. The number of halogens is 2. The van der Waals surface area contributed by atoms with Crippen LogP contribution in [0.4, 0.5) is 4.39 Å². The summed E-state index contributed by atoms with van der Waals surface area (Å²) in [6.07, 6.45) is 2.35. The van der Waals surface area contributed by atoms with Gasteiger partial charge in [-0.05, 0) is 52.6 Å². The van der Waals surface area contributed by atoms with Gasteiger partial charge in [-0.2, -0.15) is 11.8 Å². The molecule has 1 N–H and O–H groups in total. The van der Waals surface area contributed by atoms with Crippen molar-refractivity contribution < 1.29 is 18.7 Å². The lowest BCUT2D eigenvalue weighted by Gasteiger charge is -2.16. The highest BCUT2D eigenvalue weighted by Gasteiger charge is 2.22. The van der Waals surface area contributed by atoms with E-state index in [9.17, 15) is 14.0 Å². The first kappa shape index (κ1) is 17.0. The molecular weight excluding hydrogens is 349 g/mol. The largest absolute Gasteiger partial charge is 0.467 e. The zero-order valence-corrected chi connectivity index (χ0v) is 13.5. The summed E-state index contributed by atoms with van der Waals surface area (Å²) < 4.78 is 18.3. The van der Waals surface area contributed by atoms with E-state index in [0.717, 1.165) is 6.07 Å². The Kier molecular flexibility index (Phi) is 7.01. The minimum atomic E-state index is -0.741. The summed E-state index contributed by atoms with van der Waals surface area (Å²) in [7, 11) is 1.26. The van der Waals surface area contributed by atoms with Crippen molar-refractivity contribution in [3.63, 3.8) is 0 Å². The maximum atomic E-state index is 13.2. The zero-order valence-electron chi connectivity index (χ0n) is 11.1. The smallest absolute Gasteiger partial charge is 0.328 e. The van der Waals surface area contributed by atoms with E-state index < -0.39 is 23.7 Å². The molecule has 0 spiro atoms. The summed E-state index contributed by atoms with van der Waals surface area (Å²) in [5.74, 6) is -0.852. The first-order valence-corrected chi connectivity index (χ1v) is 8.01. The minimum Gasteiger partial charge on any atom is -0.467 e. The molecule has 1 rings (SSSR count). The lowest BCUT2D eigenvalue weighted by atomic mass is 10.1. The molecule has 0 saturated heterocycles. The number of rotatable bonds is 6. The number of methoxy groups -OCH3 is 1. The van der Waals surface area contributed by atoms with Gasteiger partial charge in [-0.25, -0.2) is 9.18 Å². The molecule has 0 aromatic heterocycles. The van der Waals surface area contributed by atoms with Gasteiger partial charge in [0.25, 0.3) is 5.91 Å². The van der Waals surface area contributed by atoms with E-state index in [-0.39, 0.29) is 5.56 Å². The molecular formula is C13H15BrFNO3S. The fourth-order valence-corrected chi connectivity index (χ4v) is 2.43. The van der Waals surface area contributed by atoms with Crippen LogP contribution in [0, 0.1) is 5.82 Å². The van der Waals surface area contributed by atoms with Crippen molar-refractivity contribution in [2.24, 2.45) is 0 Å². The molecule has 4 nitrogen and oxygen atoms in total. The van der Waals surface area contributed by atoms with Crippen molar-refractivity contribution in [3.05, 3.63) is 34.1 Å². The predicted octanol–water partition coefficient (Wildman–Crippen LogP) is 2.61. The lowest BCUT2D eigenvalue weighted by Crippen LogP contribution is -2.42. The fraction of sp³-hybridized carbons (Fsp3) is 0.385. The van der Waals surface area contributed by atoms with Crippen molar-refractivity contribution in [3.8, 4) is 0 Å². The summed E-state index contributed by atoms with van der Waals surface area (Å²) in [6.45, 7) is 0. The molecule has 0 fully saturated rings. The Hall–Kier alpha value is -1.08. The molecule has 0 aliphatic rings. The maximum absolute atomic E-state index is 13.2. The van der Waals surface area contributed by atoms with Gasteiger partial charge in [0.2, 0.25) is 0 Å². The van der Waals surface area contributed by atoms with Crippen LogP contribution >= 0.6 is 27.7 Å². The molecule has 0 heterocycles. The van der Waals surface area contributed by atoms with E-state index in [1.807, 2.05) is 6.26 Å². The number of hydrogen-bond donors (Lipinski definition) is 1. The monoisotopic (exact) mass is 363 g/mol. The Bertz CT molecular complexity index is 499. The van der Waals surface area contributed by atoms with Gasteiger partial charge in [-0.3, -0.25) is 4.79 Å². The fourth-order valence-electron chi connectivity index (χ4n) is 1.53. The minimum absolute atomic E-state index is 0.142. The average molecular weight is 364 g/mol. The van der Waals surface area contributed by atoms with Crippen LogP contribution in [-0.4, -0.2) is 37.0 Å². The van der Waals surface area contributed by atoms with E-state index in [0.29, 0.717) is 16.6 Å². The second-order valence-corrected chi connectivity index (χ2v) is 5.79. The number of ether oxygens (including phenoxy) is 1. The Morgan fingerprint density at radius 1 is 1.50 bits per heavy atom. The summed E-state index contributed by atoms with van der Waals surface area (Å²) >= 11 is 4.74. The highest BCUT2D eigenvalue weighted by molar-refractivity contribution is 9.10. The van der Waals surface area contributed by atoms with E-state index in [4.69, 9.17) is 0 Å². The van der Waals surface area contributed by atoms with Crippen molar-refractivity contribution in [1.82, 2.24) is 5.32 Å². The molecule has 20 heavy (non-hydrogen) atoms. The summed E-state index contributed by atoms with van der Waals surface area (Å²) in [5, 5.41) is 2.56. The SMILES string of the molecule is COC(=O)[C@H](CCSC)NC(=O)c1cc(F)ccc1Br. The second-order valence-electron chi connectivity index (χ2n) is 3.95. The molecule has 0 aliphatic carbocycles. The van der Waals surface area contributed by atoms with Crippen LogP contribution in [0.15, 0.2) is 22.7 Å². The summed E-state index contributed by atoms with van der Waals surface area (Å²) in [5.41, 5.74) is 0.142. The molecule has 1 atom stereocenters. The molecule has 0 saturated carbocycles. The number of carbonyl (C=O) groups excluding carboxylic acids is 2. The lowest BCUT2D eigenvalue weighted by molar-refractivity contribution is -0.142. The van der Waals surface area contributed by atoms with E-state index in [1.165, 1.54) is 19.2 Å². The Labute approximate surface area is 129 Å². The second kappa shape index (κ2) is 8.26. The normalized spacial score (nSPS) is 11.8. The van der Waals surface area contributed by atoms with Gasteiger partial charge in [0, 0.05) is 4.47 Å². The first-order valence-electron chi connectivity index (χ1n) is 5.82. The zero-order chi connectivity index (χ0) is 15.1. The van der Waals surface area contributed by atoms with Crippen molar-refractivity contribution >= 4 is 39.6 Å². The van der Waals surface area contributed by atoms with Crippen LogP contribution in [0.2, 0.25) is 0 Å². The van der Waals surface area contributed by atoms with Crippen LogP contribution in [0.3, 0.4) is 0 Å². The third kappa shape index (κ3) is 4.79.